The maximum Gasteiger partial charge on any atom is 0.423 e. The minimum atomic E-state index is -4.91. The molecule has 0 spiro atoms. The highest BCUT2D eigenvalue weighted by Gasteiger charge is 2.56. The zero-order valence-electron chi connectivity index (χ0n) is 18.6. The maximum atomic E-state index is 14.5. The van der Waals surface area contributed by atoms with E-state index in [1.165, 1.54) is 23.7 Å². The Morgan fingerprint density at radius 3 is 2.51 bits per heavy atom. The second-order valence-corrected chi connectivity index (χ2v) is 8.16. The van der Waals surface area contributed by atoms with E-state index < -0.39 is 35.6 Å². The van der Waals surface area contributed by atoms with Crippen molar-refractivity contribution < 1.29 is 27.5 Å². The predicted molar refractivity (Wildman–Crippen MR) is 120 cm³/mol. The molecule has 1 unspecified atom stereocenters. The van der Waals surface area contributed by atoms with Gasteiger partial charge >= 0.3 is 6.18 Å². The van der Waals surface area contributed by atoms with Gasteiger partial charge in [0.2, 0.25) is 5.60 Å². The van der Waals surface area contributed by atoms with E-state index in [-0.39, 0.29) is 24.2 Å². The van der Waals surface area contributed by atoms with E-state index in [0.29, 0.717) is 22.0 Å². The molecular formula is C24H21F4N5O2. The van der Waals surface area contributed by atoms with Gasteiger partial charge < -0.3 is 10.8 Å². The van der Waals surface area contributed by atoms with Gasteiger partial charge in [0.25, 0.3) is 5.91 Å². The van der Waals surface area contributed by atoms with Gasteiger partial charge in [-0.05, 0) is 35.7 Å². The molecule has 0 saturated carbocycles. The van der Waals surface area contributed by atoms with Crippen LogP contribution in [0.5, 0.6) is 0 Å². The lowest BCUT2D eigenvalue weighted by Crippen LogP contribution is -2.42. The average Bonchev–Trinajstić information content (AvgIpc) is 3.27. The minimum absolute atomic E-state index is 0.0144. The Kier molecular flexibility index (Phi) is 6.28. The molecule has 2 aromatic carbocycles. The number of nitrogens with two attached hydrogens (primary N) is 1. The molecule has 0 aliphatic heterocycles. The molecule has 35 heavy (non-hydrogen) atoms. The van der Waals surface area contributed by atoms with E-state index in [2.05, 4.69) is 15.3 Å². The topological polar surface area (TPSA) is 107 Å². The Labute approximate surface area is 197 Å². The molecule has 0 bridgehead atoms. The lowest BCUT2D eigenvalue weighted by atomic mass is 9.94. The number of primary amides is 1. The summed E-state index contributed by atoms with van der Waals surface area (Å²) in [5, 5.41) is 18.1. The molecule has 4 rings (SSSR count). The number of hydrogen-bond donors (Lipinski definition) is 2. The quantitative estimate of drug-likeness (QED) is 0.378. The third-order valence-electron chi connectivity index (χ3n) is 5.68. The Bertz CT molecular complexity index is 1400. The van der Waals surface area contributed by atoms with Crippen LogP contribution in [0, 0.1) is 5.82 Å². The van der Waals surface area contributed by atoms with Crippen molar-refractivity contribution in [2.24, 2.45) is 5.73 Å². The molecule has 0 saturated heterocycles. The van der Waals surface area contributed by atoms with Crippen molar-refractivity contribution in [1.82, 2.24) is 20.0 Å². The molecule has 0 aliphatic rings. The fourth-order valence-electron chi connectivity index (χ4n) is 3.93. The average molecular weight is 487 g/mol. The van der Waals surface area contributed by atoms with Gasteiger partial charge in [0.15, 0.2) is 0 Å². The van der Waals surface area contributed by atoms with Crippen molar-refractivity contribution in [1.29, 1.82) is 0 Å². The number of carbonyl (C=O) groups is 1. The van der Waals surface area contributed by atoms with Gasteiger partial charge in [-0.15, -0.1) is 5.10 Å². The summed E-state index contributed by atoms with van der Waals surface area (Å²) in [5.41, 5.74) is 3.27. The number of halogens is 4. The predicted octanol–water partition coefficient (Wildman–Crippen LogP) is 4.33. The van der Waals surface area contributed by atoms with Crippen LogP contribution in [0.4, 0.5) is 17.6 Å². The van der Waals surface area contributed by atoms with Crippen molar-refractivity contribution in [3.63, 3.8) is 0 Å². The molecule has 11 heteroatoms. The molecule has 1 atom stereocenters. The molecular weight excluding hydrogens is 466 g/mol. The van der Waals surface area contributed by atoms with E-state index in [1.807, 2.05) is 0 Å². The third kappa shape index (κ3) is 4.59. The molecule has 0 fully saturated rings. The van der Waals surface area contributed by atoms with Crippen LogP contribution in [0.1, 0.15) is 41.5 Å². The second-order valence-electron chi connectivity index (χ2n) is 8.16. The minimum Gasteiger partial charge on any atom is -0.375 e. The number of rotatable bonds is 7. The lowest BCUT2D eigenvalue weighted by Gasteiger charge is -2.27. The fourth-order valence-corrected chi connectivity index (χ4v) is 3.93. The maximum absolute atomic E-state index is 14.5. The molecule has 3 N–H and O–H groups in total. The molecule has 4 aromatic rings. The summed E-state index contributed by atoms with van der Waals surface area (Å²) < 4.78 is 56.1. The van der Waals surface area contributed by atoms with Crippen LogP contribution in [-0.2, 0) is 12.1 Å². The van der Waals surface area contributed by atoms with E-state index in [0.717, 1.165) is 6.20 Å². The van der Waals surface area contributed by atoms with Gasteiger partial charge in [-0.25, -0.2) is 14.1 Å². The molecule has 7 nitrogen and oxygen atoms in total. The summed E-state index contributed by atoms with van der Waals surface area (Å²) in [6.45, 7) is 1.54. The van der Waals surface area contributed by atoms with Crippen LogP contribution < -0.4 is 5.73 Å². The standard InChI is InChI=1S/C24H21F4N5O2/c1-2-9-23(35,24(26,27)28)21-13-33(32-31-21)12-14-7-8-16-17(15-5-3-4-6-18(15)25)11-20(22(29)34)30-19(16)10-14/h3-8,10-11,13,35H,2,9,12H2,1H3,(H2,29,34). The number of benzene rings is 2. The third-order valence-corrected chi connectivity index (χ3v) is 5.68. The van der Waals surface area contributed by atoms with Crippen LogP contribution in [0.2, 0.25) is 0 Å². The summed E-state index contributed by atoms with van der Waals surface area (Å²) in [6, 6.07) is 12.4. The summed E-state index contributed by atoms with van der Waals surface area (Å²) in [6.07, 6.45) is -4.33. The van der Waals surface area contributed by atoms with E-state index >= 15 is 0 Å². The normalized spacial score (nSPS) is 13.7. The number of amides is 1. The molecule has 182 valence electrons. The number of pyridine rings is 1. The van der Waals surface area contributed by atoms with Gasteiger partial charge in [0.1, 0.15) is 17.2 Å². The van der Waals surface area contributed by atoms with Crippen molar-refractivity contribution in [3.05, 3.63) is 77.5 Å². The van der Waals surface area contributed by atoms with Crippen molar-refractivity contribution in [2.75, 3.05) is 0 Å². The first kappa shape index (κ1) is 24.3. The first-order valence-electron chi connectivity index (χ1n) is 10.7. The van der Waals surface area contributed by atoms with Crippen LogP contribution in [-0.4, -0.2) is 37.2 Å². The van der Waals surface area contributed by atoms with Crippen molar-refractivity contribution >= 4 is 16.8 Å². The smallest absolute Gasteiger partial charge is 0.375 e. The highest BCUT2D eigenvalue weighted by atomic mass is 19.4. The summed E-state index contributed by atoms with van der Waals surface area (Å²) in [4.78, 5) is 16.1. The van der Waals surface area contributed by atoms with Crippen LogP contribution >= 0.6 is 0 Å². The Morgan fingerprint density at radius 2 is 1.86 bits per heavy atom. The van der Waals surface area contributed by atoms with Crippen LogP contribution in [0.3, 0.4) is 0 Å². The zero-order valence-corrected chi connectivity index (χ0v) is 18.6. The van der Waals surface area contributed by atoms with Gasteiger partial charge in [0, 0.05) is 10.9 Å². The number of nitrogens with zero attached hydrogens (tertiary/aromatic N) is 4. The number of aliphatic hydroxyl groups is 1. The number of fused-ring (bicyclic) bond motifs is 1. The molecule has 0 aliphatic carbocycles. The van der Waals surface area contributed by atoms with E-state index in [4.69, 9.17) is 5.73 Å². The number of hydrogen-bond acceptors (Lipinski definition) is 5. The molecule has 1 amide bonds. The van der Waals surface area contributed by atoms with Gasteiger partial charge in [-0.1, -0.05) is 48.9 Å². The monoisotopic (exact) mass is 487 g/mol. The molecule has 2 aromatic heterocycles. The Morgan fingerprint density at radius 1 is 1.11 bits per heavy atom. The largest absolute Gasteiger partial charge is 0.423 e. The van der Waals surface area contributed by atoms with Crippen molar-refractivity contribution in [3.8, 4) is 11.1 Å². The zero-order chi connectivity index (χ0) is 25.4. The lowest BCUT2D eigenvalue weighted by molar-refractivity contribution is -0.270. The van der Waals surface area contributed by atoms with Crippen LogP contribution in [0.25, 0.3) is 22.0 Å². The van der Waals surface area contributed by atoms with Gasteiger partial charge in [0.05, 0.1) is 18.3 Å². The van der Waals surface area contributed by atoms with Gasteiger partial charge in [-0.3, -0.25) is 4.79 Å². The van der Waals surface area contributed by atoms with Crippen molar-refractivity contribution in [2.45, 2.75) is 38.1 Å². The van der Waals surface area contributed by atoms with E-state index in [1.54, 1.807) is 36.4 Å². The van der Waals surface area contributed by atoms with Gasteiger partial charge in [-0.2, -0.15) is 13.2 Å². The molecule has 2 heterocycles. The number of alkyl halides is 3. The highest BCUT2D eigenvalue weighted by molar-refractivity contribution is 6.01. The summed E-state index contributed by atoms with van der Waals surface area (Å²) in [5.74, 6) is -1.28. The van der Waals surface area contributed by atoms with Crippen LogP contribution in [0.15, 0.2) is 54.7 Å². The second kappa shape index (κ2) is 9.06. The Balaban J connectivity index is 1.74. The van der Waals surface area contributed by atoms with E-state index in [9.17, 15) is 27.5 Å². The number of aromatic nitrogens is 4. The first-order chi connectivity index (χ1) is 16.5. The fraction of sp³-hybridized carbons (Fsp3) is 0.250. The molecule has 0 radical (unpaired) electrons. The first-order valence-corrected chi connectivity index (χ1v) is 10.7. The summed E-state index contributed by atoms with van der Waals surface area (Å²) >= 11 is 0. The highest BCUT2D eigenvalue weighted by Crippen LogP contribution is 2.41. The Hall–Kier alpha value is -3.86. The number of carbonyl (C=O) groups excluding carboxylic acids is 1. The SMILES string of the molecule is CCCC(O)(c1cn(Cc2ccc3c(-c4ccccc4F)cc(C(N)=O)nc3c2)nn1)C(F)(F)F. The summed E-state index contributed by atoms with van der Waals surface area (Å²) in [7, 11) is 0.